The van der Waals surface area contributed by atoms with Crippen LogP contribution in [-0.2, 0) is 4.74 Å². The van der Waals surface area contributed by atoms with Crippen molar-refractivity contribution in [3.8, 4) is 5.75 Å². The molecule has 0 aliphatic carbocycles. The first-order valence-electron chi connectivity index (χ1n) is 11.0. The van der Waals surface area contributed by atoms with Crippen LogP contribution >= 0.6 is 0 Å². The molecule has 164 valence electrons. The second-order valence-electron chi connectivity index (χ2n) is 7.91. The summed E-state index contributed by atoms with van der Waals surface area (Å²) < 4.78 is 5.85. The summed E-state index contributed by atoms with van der Waals surface area (Å²) in [6.07, 6.45) is 5.56. The fraction of sp³-hybridized carbons (Fsp3) is 0.333. The molecule has 0 radical (unpaired) electrons. The van der Waals surface area contributed by atoms with Crippen LogP contribution in [0, 0.1) is 0 Å². The average Bonchev–Trinajstić information content (AvgIpc) is 3.61. The minimum absolute atomic E-state index is 0.145. The van der Waals surface area contributed by atoms with E-state index in [1.165, 1.54) is 18.7 Å². The summed E-state index contributed by atoms with van der Waals surface area (Å²) in [5.74, 6) is 1.14. The molecule has 1 saturated heterocycles. The van der Waals surface area contributed by atoms with Gasteiger partial charge in [-0.3, -0.25) is 4.90 Å². The first-order chi connectivity index (χ1) is 15.1. The van der Waals surface area contributed by atoms with Crippen molar-refractivity contribution in [2.24, 2.45) is 0 Å². The average molecular weight is 420 g/mol. The Morgan fingerprint density at radius 3 is 2.32 bits per heavy atom. The maximum absolute atomic E-state index is 9.78. The molecule has 0 bridgehead atoms. The second-order valence-corrected chi connectivity index (χ2v) is 7.91. The molecule has 0 amide bonds. The molecule has 1 aliphatic heterocycles. The highest BCUT2D eigenvalue weighted by Crippen LogP contribution is 2.35. The third kappa shape index (κ3) is 7.12. The summed E-state index contributed by atoms with van der Waals surface area (Å²) in [5, 5.41) is 19.3. The van der Waals surface area contributed by atoms with Gasteiger partial charge in [-0.1, -0.05) is 48.5 Å². The Bertz CT molecular complexity index is 923. The molecular weight excluding hydrogens is 386 g/mol. The Morgan fingerprint density at radius 1 is 0.968 bits per heavy atom. The number of nitrogens with zero attached hydrogens (tertiary/aromatic N) is 1. The monoisotopic (exact) mass is 419 g/mol. The summed E-state index contributed by atoms with van der Waals surface area (Å²) in [6.45, 7) is 8.28. The molecule has 3 rings (SSSR count). The fourth-order valence-corrected chi connectivity index (χ4v) is 3.58. The van der Waals surface area contributed by atoms with Crippen molar-refractivity contribution in [2.45, 2.75) is 26.7 Å². The van der Waals surface area contributed by atoms with Crippen molar-refractivity contribution in [1.82, 2.24) is 4.90 Å². The summed E-state index contributed by atoms with van der Waals surface area (Å²) in [7, 11) is 0. The van der Waals surface area contributed by atoms with Gasteiger partial charge in [0.15, 0.2) is 0 Å². The van der Waals surface area contributed by atoms with E-state index in [0.29, 0.717) is 13.0 Å². The van der Waals surface area contributed by atoms with E-state index in [9.17, 15) is 10.2 Å². The molecule has 2 aromatic rings. The van der Waals surface area contributed by atoms with Gasteiger partial charge >= 0.3 is 0 Å². The van der Waals surface area contributed by atoms with Gasteiger partial charge in [-0.25, -0.2) is 0 Å². The topological polar surface area (TPSA) is 52.7 Å². The molecule has 2 aromatic carbocycles. The molecule has 1 aliphatic rings. The molecule has 1 fully saturated rings. The molecule has 31 heavy (non-hydrogen) atoms. The Balaban J connectivity index is 1.97. The zero-order chi connectivity index (χ0) is 22.1. The maximum Gasteiger partial charge on any atom is 0.115 e. The van der Waals surface area contributed by atoms with Gasteiger partial charge < -0.3 is 14.9 Å². The second kappa shape index (κ2) is 11.5. The van der Waals surface area contributed by atoms with Gasteiger partial charge in [-0.15, -0.1) is 0 Å². The lowest BCUT2D eigenvalue weighted by molar-refractivity contribution is 0.201. The number of benzene rings is 2. The highest BCUT2D eigenvalue weighted by Gasteiger charge is 2.16. The van der Waals surface area contributed by atoms with Crippen LogP contribution in [0.15, 0.2) is 78.1 Å². The van der Waals surface area contributed by atoms with Gasteiger partial charge in [0, 0.05) is 26.2 Å². The third-order valence-electron chi connectivity index (χ3n) is 5.40. The minimum atomic E-state index is 0.145. The van der Waals surface area contributed by atoms with Crippen LogP contribution in [0.25, 0.3) is 11.1 Å². The Kier molecular flexibility index (Phi) is 8.51. The van der Waals surface area contributed by atoms with E-state index >= 15 is 0 Å². The lowest BCUT2D eigenvalue weighted by Crippen LogP contribution is -2.06. The zero-order valence-corrected chi connectivity index (χ0v) is 18.6. The van der Waals surface area contributed by atoms with Crippen molar-refractivity contribution in [3.05, 3.63) is 89.2 Å². The SMILES string of the molecule is C\C(=C/C=C(C)/C(=C(/CCCO)c1ccccc1)c1ccc(O)cc1)OCCN1CC1. The fourth-order valence-electron chi connectivity index (χ4n) is 3.58. The maximum atomic E-state index is 9.78. The number of phenols is 1. The highest BCUT2D eigenvalue weighted by molar-refractivity contribution is 5.98. The molecule has 0 atom stereocenters. The van der Waals surface area contributed by atoms with E-state index in [-0.39, 0.29) is 12.4 Å². The summed E-state index contributed by atoms with van der Waals surface area (Å²) >= 11 is 0. The van der Waals surface area contributed by atoms with E-state index in [1.54, 1.807) is 12.1 Å². The van der Waals surface area contributed by atoms with Crippen molar-refractivity contribution in [2.75, 3.05) is 32.8 Å². The molecular formula is C27H33NO3. The lowest BCUT2D eigenvalue weighted by atomic mass is 9.87. The number of aromatic hydroxyl groups is 1. The van der Waals surface area contributed by atoms with Gasteiger partial charge in [0.2, 0.25) is 0 Å². The molecule has 0 aromatic heterocycles. The highest BCUT2D eigenvalue weighted by atomic mass is 16.5. The normalized spacial score (nSPS) is 15.6. The largest absolute Gasteiger partial charge is 0.508 e. The van der Waals surface area contributed by atoms with E-state index in [1.807, 2.05) is 43.3 Å². The molecule has 0 saturated carbocycles. The van der Waals surface area contributed by atoms with Gasteiger partial charge in [-0.05, 0) is 72.7 Å². The van der Waals surface area contributed by atoms with E-state index < -0.39 is 0 Å². The van der Waals surface area contributed by atoms with Gasteiger partial charge in [-0.2, -0.15) is 0 Å². The number of phenolic OH excluding ortho intramolecular Hbond substituents is 1. The minimum Gasteiger partial charge on any atom is -0.508 e. The lowest BCUT2D eigenvalue weighted by Gasteiger charge is -2.18. The molecule has 4 heteroatoms. The van der Waals surface area contributed by atoms with Crippen molar-refractivity contribution >= 4 is 11.1 Å². The van der Waals surface area contributed by atoms with Crippen LogP contribution in [0.1, 0.15) is 37.8 Å². The number of ether oxygens (including phenoxy) is 1. The Morgan fingerprint density at radius 2 is 1.68 bits per heavy atom. The predicted molar refractivity (Wildman–Crippen MR) is 128 cm³/mol. The van der Waals surface area contributed by atoms with Crippen molar-refractivity contribution in [3.63, 3.8) is 0 Å². The number of aliphatic hydroxyl groups excluding tert-OH is 1. The molecule has 4 nitrogen and oxygen atoms in total. The van der Waals surface area contributed by atoms with Crippen LogP contribution in [0.5, 0.6) is 5.75 Å². The van der Waals surface area contributed by atoms with Gasteiger partial charge in [0.1, 0.15) is 12.4 Å². The quantitative estimate of drug-likeness (QED) is 0.226. The van der Waals surface area contributed by atoms with Gasteiger partial charge in [0.25, 0.3) is 0 Å². The van der Waals surface area contributed by atoms with E-state index in [0.717, 1.165) is 41.0 Å². The summed E-state index contributed by atoms with van der Waals surface area (Å²) in [5.41, 5.74) is 5.59. The van der Waals surface area contributed by atoms with Crippen molar-refractivity contribution in [1.29, 1.82) is 0 Å². The van der Waals surface area contributed by atoms with Crippen LogP contribution in [-0.4, -0.2) is 48.0 Å². The molecule has 2 N–H and O–H groups in total. The predicted octanol–water partition coefficient (Wildman–Crippen LogP) is 5.26. The van der Waals surface area contributed by atoms with Crippen LogP contribution < -0.4 is 0 Å². The first kappa shape index (κ1) is 22.9. The van der Waals surface area contributed by atoms with Crippen LogP contribution in [0.2, 0.25) is 0 Å². The number of rotatable bonds is 11. The Hall–Kier alpha value is -2.82. The van der Waals surface area contributed by atoms with E-state index in [4.69, 9.17) is 4.74 Å². The smallest absolute Gasteiger partial charge is 0.115 e. The van der Waals surface area contributed by atoms with Gasteiger partial charge in [0.05, 0.1) is 5.76 Å². The number of aliphatic hydroxyl groups is 1. The standard InChI is InChI=1S/C27H33NO3/c1-21(10-11-22(2)31-20-18-28-16-17-28)27(24-12-14-25(30)15-13-24)26(9-6-19-29)23-7-4-3-5-8-23/h3-5,7-8,10-15,29-30H,6,9,16-20H2,1-2H3/b21-10+,22-11+,27-26+. The number of hydrogen-bond donors (Lipinski definition) is 2. The van der Waals surface area contributed by atoms with Crippen LogP contribution in [0.3, 0.4) is 0 Å². The van der Waals surface area contributed by atoms with E-state index in [2.05, 4.69) is 30.0 Å². The summed E-state index contributed by atoms with van der Waals surface area (Å²) in [4.78, 5) is 2.34. The summed E-state index contributed by atoms with van der Waals surface area (Å²) in [6, 6.07) is 17.6. The zero-order valence-electron chi connectivity index (χ0n) is 18.6. The Labute approximate surface area is 185 Å². The number of allylic oxidation sites excluding steroid dienone is 6. The molecule has 1 heterocycles. The first-order valence-corrected chi connectivity index (χ1v) is 11.0. The number of hydrogen-bond acceptors (Lipinski definition) is 4. The van der Waals surface area contributed by atoms with Crippen LogP contribution in [0.4, 0.5) is 0 Å². The van der Waals surface area contributed by atoms with Crippen molar-refractivity contribution < 1.29 is 14.9 Å². The molecule has 0 spiro atoms. The molecule has 0 unspecified atom stereocenters. The third-order valence-corrected chi connectivity index (χ3v) is 5.40.